The highest BCUT2D eigenvalue weighted by Gasteiger charge is 2.30. The van der Waals surface area contributed by atoms with E-state index in [1.54, 1.807) is 6.20 Å². The Bertz CT molecular complexity index is 958. The minimum atomic E-state index is -0.302. The van der Waals surface area contributed by atoms with Crippen LogP contribution in [0.5, 0.6) is 0 Å². The van der Waals surface area contributed by atoms with Crippen LogP contribution < -0.4 is 0 Å². The third-order valence-electron chi connectivity index (χ3n) is 5.69. The van der Waals surface area contributed by atoms with Gasteiger partial charge in [0.25, 0.3) is 0 Å². The van der Waals surface area contributed by atoms with Gasteiger partial charge in [0, 0.05) is 19.0 Å². The average molecular weight is 428 g/mol. The van der Waals surface area contributed by atoms with Crippen molar-refractivity contribution in [2.24, 2.45) is 5.92 Å². The van der Waals surface area contributed by atoms with E-state index in [1.807, 2.05) is 6.92 Å². The largest absolute Gasteiger partial charge is 0.512 e. The van der Waals surface area contributed by atoms with E-state index in [9.17, 15) is 14.3 Å². The molecule has 1 N–H and O–H groups in total. The molecule has 0 spiro atoms. The van der Waals surface area contributed by atoms with Crippen molar-refractivity contribution in [2.75, 3.05) is 5.75 Å². The van der Waals surface area contributed by atoms with Gasteiger partial charge in [0.05, 0.1) is 5.57 Å². The fourth-order valence-corrected chi connectivity index (χ4v) is 5.20. The smallest absolute Gasteiger partial charge is 0.167 e. The van der Waals surface area contributed by atoms with Gasteiger partial charge in [0.15, 0.2) is 11.6 Å². The molecule has 1 aromatic carbocycles. The molecule has 1 atom stereocenters. The molecular formula is C25H30FNO2S. The molecular weight excluding hydrogens is 397 g/mol. The van der Waals surface area contributed by atoms with Crippen LogP contribution in [-0.2, 0) is 17.6 Å². The normalized spacial score (nSPS) is 17.0. The maximum Gasteiger partial charge on any atom is 0.167 e. The van der Waals surface area contributed by atoms with Gasteiger partial charge in [-0.25, -0.2) is 9.37 Å². The molecule has 3 nitrogen and oxygen atoms in total. The molecule has 160 valence electrons. The highest BCUT2D eigenvalue weighted by molar-refractivity contribution is 7.99. The second-order valence-corrected chi connectivity index (χ2v) is 9.20. The molecule has 0 saturated heterocycles. The number of aromatic nitrogens is 1. The van der Waals surface area contributed by atoms with Gasteiger partial charge in [-0.05, 0) is 73.1 Å². The van der Waals surface area contributed by atoms with E-state index < -0.39 is 0 Å². The van der Waals surface area contributed by atoms with Crippen LogP contribution in [0.1, 0.15) is 60.9 Å². The average Bonchev–Trinajstić information content (AvgIpc) is 2.69. The van der Waals surface area contributed by atoms with Crippen LogP contribution in [0.2, 0.25) is 0 Å². The Morgan fingerprint density at radius 2 is 1.77 bits per heavy atom. The summed E-state index contributed by atoms with van der Waals surface area (Å²) in [5.74, 6) is 0.653. The molecule has 3 rings (SSSR count). The van der Waals surface area contributed by atoms with Gasteiger partial charge in [0.1, 0.15) is 10.8 Å². The predicted molar refractivity (Wildman–Crippen MR) is 121 cm³/mol. The number of benzene rings is 1. The molecule has 1 aromatic heterocycles. The Morgan fingerprint density at radius 3 is 2.33 bits per heavy atom. The van der Waals surface area contributed by atoms with Gasteiger partial charge >= 0.3 is 0 Å². The number of allylic oxidation sites excluding steroid dienone is 2. The number of aryl methyl sites for hydroxylation is 4. The van der Waals surface area contributed by atoms with E-state index >= 15 is 0 Å². The lowest BCUT2D eigenvalue weighted by molar-refractivity contribution is -0.115. The van der Waals surface area contributed by atoms with Crippen LogP contribution >= 0.6 is 11.8 Å². The number of Topliss-reactive ketones (excluding diaryl/α,β-unsaturated/α-hetero) is 1. The number of nitrogens with zero attached hydrogens (tertiary/aromatic N) is 1. The quantitative estimate of drug-likeness (QED) is 0.520. The molecule has 0 saturated carbocycles. The van der Waals surface area contributed by atoms with E-state index in [2.05, 4.69) is 37.9 Å². The molecule has 30 heavy (non-hydrogen) atoms. The Balaban J connectivity index is 1.75. The molecule has 0 fully saturated rings. The van der Waals surface area contributed by atoms with Crippen LogP contribution in [0.3, 0.4) is 0 Å². The zero-order valence-electron chi connectivity index (χ0n) is 18.2. The number of thioether (sulfide) groups is 1. The lowest BCUT2D eigenvalue weighted by Gasteiger charge is -2.26. The monoisotopic (exact) mass is 427 g/mol. The van der Waals surface area contributed by atoms with E-state index in [4.69, 9.17) is 0 Å². The third kappa shape index (κ3) is 4.94. The second-order valence-electron chi connectivity index (χ2n) is 8.12. The van der Waals surface area contributed by atoms with E-state index in [0.717, 1.165) is 41.5 Å². The van der Waals surface area contributed by atoms with Gasteiger partial charge < -0.3 is 5.11 Å². The maximum absolute atomic E-state index is 14.0. The Kier molecular flexibility index (Phi) is 7.35. The van der Waals surface area contributed by atoms with Gasteiger partial charge in [-0.3, -0.25) is 4.79 Å². The summed E-state index contributed by atoms with van der Waals surface area (Å²) in [6.45, 7) is 8.05. The summed E-state index contributed by atoms with van der Waals surface area (Å²) in [6.07, 6.45) is 4.95. The number of pyridine rings is 1. The third-order valence-corrected chi connectivity index (χ3v) is 6.70. The van der Waals surface area contributed by atoms with Crippen molar-refractivity contribution < 1.29 is 14.3 Å². The first-order chi connectivity index (χ1) is 14.3. The zero-order chi connectivity index (χ0) is 21.8. The van der Waals surface area contributed by atoms with E-state index in [0.29, 0.717) is 29.2 Å². The zero-order valence-corrected chi connectivity index (χ0v) is 19.0. The minimum Gasteiger partial charge on any atom is -0.512 e. The maximum atomic E-state index is 14.0. The summed E-state index contributed by atoms with van der Waals surface area (Å²) in [4.78, 5) is 17.2. The molecule has 0 radical (unpaired) electrons. The fraction of sp³-hybridized carbons (Fsp3) is 0.440. The molecule has 1 heterocycles. The fourth-order valence-electron chi connectivity index (χ4n) is 4.23. The van der Waals surface area contributed by atoms with E-state index in [1.165, 1.54) is 23.4 Å². The van der Waals surface area contributed by atoms with Gasteiger partial charge in [-0.1, -0.05) is 31.5 Å². The molecule has 1 aliphatic carbocycles. The van der Waals surface area contributed by atoms with E-state index in [-0.39, 0.29) is 23.3 Å². The molecule has 0 aliphatic heterocycles. The molecule has 0 amide bonds. The minimum absolute atomic E-state index is 0.0154. The lowest BCUT2D eigenvalue weighted by Crippen LogP contribution is -2.21. The van der Waals surface area contributed by atoms with Crippen LogP contribution in [0.15, 0.2) is 35.2 Å². The van der Waals surface area contributed by atoms with Crippen molar-refractivity contribution >= 4 is 23.1 Å². The number of ketones is 1. The number of carbonyl (C=O) groups is 1. The summed E-state index contributed by atoms with van der Waals surface area (Å²) in [7, 11) is 0. The summed E-state index contributed by atoms with van der Waals surface area (Å²) in [5.41, 5.74) is 5.67. The van der Waals surface area contributed by atoms with Crippen molar-refractivity contribution in [3.05, 3.63) is 63.8 Å². The first-order valence-corrected chi connectivity index (χ1v) is 11.7. The standard InChI is InChI=1S/C25H30FNO2S/c1-5-18-9-15(3)10-19(6-2)23(18)24-21(28)12-17(13-22(24)29)7-8-30-25-20(26)11-16(4)14-27-25/h9-11,14,17,28H,5-8,12-13H2,1-4H3. The first-order valence-electron chi connectivity index (χ1n) is 10.7. The molecule has 1 unspecified atom stereocenters. The Hall–Kier alpha value is -2.14. The summed E-state index contributed by atoms with van der Waals surface area (Å²) < 4.78 is 14.0. The highest BCUT2D eigenvalue weighted by Crippen LogP contribution is 2.38. The van der Waals surface area contributed by atoms with Gasteiger partial charge in [-0.2, -0.15) is 0 Å². The number of hydrogen-bond donors (Lipinski definition) is 1. The Morgan fingerprint density at radius 1 is 1.10 bits per heavy atom. The van der Waals surface area contributed by atoms with Crippen LogP contribution in [-0.4, -0.2) is 21.6 Å². The summed E-state index contributed by atoms with van der Waals surface area (Å²) in [5, 5.41) is 11.2. The van der Waals surface area contributed by atoms with Crippen LogP contribution in [0.25, 0.3) is 5.57 Å². The molecule has 5 heteroatoms. The SMILES string of the molecule is CCc1cc(C)cc(CC)c1C1=C(O)CC(CCSc2ncc(C)cc2F)CC1=O. The van der Waals surface area contributed by atoms with Crippen molar-refractivity contribution in [3.8, 4) is 0 Å². The molecule has 0 bridgehead atoms. The van der Waals surface area contributed by atoms with Crippen molar-refractivity contribution in [3.63, 3.8) is 0 Å². The summed E-state index contributed by atoms with van der Waals surface area (Å²) in [6, 6.07) is 5.72. The van der Waals surface area contributed by atoms with Crippen LogP contribution in [0.4, 0.5) is 4.39 Å². The number of aliphatic hydroxyl groups excluding tert-OH is 1. The van der Waals surface area contributed by atoms with Crippen LogP contribution in [0, 0.1) is 25.6 Å². The number of carbonyl (C=O) groups excluding carboxylic acids is 1. The lowest BCUT2D eigenvalue weighted by atomic mass is 9.79. The second kappa shape index (κ2) is 9.78. The Labute approximate surface area is 182 Å². The predicted octanol–water partition coefficient (Wildman–Crippen LogP) is 6.39. The molecule has 1 aliphatic rings. The number of aliphatic hydroxyl groups is 1. The number of hydrogen-bond acceptors (Lipinski definition) is 4. The van der Waals surface area contributed by atoms with Crippen molar-refractivity contribution in [1.29, 1.82) is 0 Å². The highest BCUT2D eigenvalue weighted by atomic mass is 32.2. The van der Waals surface area contributed by atoms with Crippen molar-refractivity contribution in [2.45, 2.75) is 64.8 Å². The first kappa shape index (κ1) is 22.5. The number of rotatable bonds is 7. The van der Waals surface area contributed by atoms with Gasteiger partial charge in [0.2, 0.25) is 0 Å². The van der Waals surface area contributed by atoms with Gasteiger partial charge in [-0.15, -0.1) is 11.8 Å². The van der Waals surface area contributed by atoms with Crippen molar-refractivity contribution in [1.82, 2.24) is 4.98 Å². The topological polar surface area (TPSA) is 50.2 Å². The summed E-state index contributed by atoms with van der Waals surface area (Å²) >= 11 is 1.37. The number of halogens is 1. The molecule has 2 aromatic rings.